The number of rotatable bonds is 4. The number of hydrogen-bond acceptors (Lipinski definition) is 2. The Labute approximate surface area is 85.6 Å². The van der Waals surface area contributed by atoms with Gasteiger partial charge in [0.2, 0.25) is 0 Å². The van der Waals surface area contributed by atoms with E-state index in [9.17, 15) is 18.3 Å². The van der Waals surface area contributed by atoms with Gasteiger partial charge in [0.1, 0.15) is 11.9 Å². The maximum atomic E-state index is 12.0. The number of aromatic nitrogens is 2. The van der Waals surface area contributed by atoms with Gasteiger partial charge in [-0.3, -0.25) is 0 Å². The summed E-state index contributed by atoms with van der Waals surface area (Å²) in [6, 6.07) is 0. The van der Waals surface area contributed by atoms with E-state index in [4.69, 9.17) is 0 Å². The van der Waals surface area contributed by atoms with Crippen LogP contribution in [0.15, 0.2) is 12.4 Å². The molecular formula is C9H13F3N2O. The highest BCUT2D eigenvalue weighted by molar-refractivity contribution is 4.97. The minimum absolute atomic E-state index is 0.0779. The summed E-state index contributed by atoms with van der Waals surface area (Å²) in [5, 5.41) is 9.35. The van der Waals surface area contributed by atoms with Gasteiger partial charge in [-0.25, -0.2) is 4.98 Å². The standard InChI is InChI=1S/C9H13F3N2O/c1-2-4-14-5-3-13-8(14)7(15)6-9(10,11)12/h3,5,7,15H,2,4,6H2,1H3. The first-order chi connectivity index (χ1) is 6.94. The summed E-state index contributed by atoms with van der Waals surface area (Å²) in [6.07, 6.45) is -3.46. The quantitative estimate of drug-likeness (QED) is 0.848. The summed E-state index contributed by atoms with van der Waals surface area (Å²) in [5.41, 5.74) is 0. The molecule has 1 aromatic heterocycles. The summed E-state index contributed by atoms with van der Waals surface area (Å²) in [4.78, 5) is 3.73. The summed E-state index contributed by atoms with van der Waals surface area (Å²) in [6.45, 7) is 2.46. The predicted octanol–water partition coefficient (Wildman–Crippen LogP) is 2.28. The lowest BCUT2D eigenvalue weighted by atomic mass is 10.2. The Morgan fingerprint density at radius 1 is 1.53 bits per heavy atom. The molecule has 1 unspecified atom stereocenters. The first kappa shape index (κ1) is 12.0. The molecule has 1 N–H and O–H groups in total. The Morgan fingerprint density at radius 3 is 2.73 bits per heavy atom. The highest BCUT2D eigenvalue weighted by Crippen LogP contribution is 2.28. The number of nitrogens with zero attached hydrogens (tertiary/aromatic N) is 2. The van der Waals surface area contributed by atoms with Crippen molar-refractivity contribution in [3.63, 3.8) is 0 Å². The molecule has 0 radical (unpaired) electrons. The summed E-state index contributed by atoms with van der Waals surface area (Å²) < 4.78 is 37.6. The molecule has 0 aliphatic rings. The van der Waals surface area contributed by atoms with Crippen LogP contribution in [0.3, 0.4) is 0 Å². The van der Waals surface area contributed by atoms with E-state index < -0.39 is 18.7 Å². The van der Waals surface area contributed by atoms with Gasteiger partial charge < -0.3 is 9.67 Å². The smallest absolute Gasteiger partial charge is 0.385 e. The highest BCUT2D eigenvalue weighted by Gasteiger charge is 2.33. The zero-order valence-corrected chi connectivity index (χ0v) is 8.33. The van der Waals surface area contributed by atoms with Gasteiger partial charge in [0.05, 0.1) is 6.42 Å². The molecule has 0 amide bonds. The number of hydrogen-bond donors (Lipinski definition) is 1. The van der Waals surface area contributed by atoms with Gasteiger partial charge in [-0.1, -0.05) is 6.92 Å². The Morgan fingerprint density at radius 2 is 2.20 bits per heavy atom. The largest absolute Gasteiger partial charge is 0.392 e. The Bertz CT molecular complexity index is 309. The molecule has 1 rings (SSSR count). The fourth-order valence-electron chi connectivity index (χ4n) is 1.36. The van der Waals surface area contributed by atoms with Crippen LogP contribution >= 0.6 is 0 Å². The summed E-state index contributed by atoms with van der Waals surface area (Å²) in [5.74, 6) is 0.0779. The number of imidazole rings is 1. The maximum absolute atomic E-state index is 12.0. The topological polar surface area (TPSA) is 38.0 Å². The molecule has 0 spiro atoms. The van der Waals surface area contributed by atoms with Crippen molar-refractivity contribution in [1.29, 1.82) is 0 Å². The van der Waals surface area contributed by atoms with E-state index in [1.807, 2.05) is 6.92 Å². The Balaban J connectivity index is 2.72. The molecule has 0 saturated heterocycles. The van der Waals surface area contributed by atoms with Crippen LogP contribution in [0.25, 0.3) is 0 Å². The molecule has 0 aliphatic carbocycles. The van der Waals surface area contributed by atoms with E-state index in [0.29, 0.717) is 6.54 Å². The van der Waals surface area contributed by atoms with Gasteiger partial charge in [0, 0.05) is 18.9 Å². The van der Waals surface area contributed by atoms with E-state index in [2.05, 4.69) is 4.98 Å². The summed E-state index contributed by atoms with van der Waals surface area (Å²) in [7, 11) is 0. The molecule has 0 aromatic carbocycles. The lowest BCUT2D eigenvalue weighted by molar-refractivity contribution is -0.155. The molecule has 1 atom stereocenters. The molecule has 15 heavy (non-hydrogen) atoms. The van der Waals surface area contributed by atoms with Gasteiger partial charge >= 0.3 is 6.18 Å². The van der Waals surface area contributed by atoms with Crippen molar-refractivity contribution >= 4 is 0 Å². The second-order valence-electron chi connectivity index (χ2n) is 3.31. The Hall–Kier alpha value is -1.04. The lowest BCUT2D eigenvalue weighted by Crippen LogP contribution is -2.17. The molecule has 1 aromatic rings. The monoisotopic (exact) mass is 222 g/mol. The van der Waals surface area contributed by atoms with Crippen molar-refractivity contribution in [2.24, 2.45) is 0 Å². The van der Waals surface area contributed by atoms with E-state index in [-0.39, 0.29) is 5.82 Å². The van der Waals surface area contributed by atoms with Crippen molar-refractivity contribution in [3.8, 4) is 0 Å². The van der Waals surface area contributed by atoms with Crippen LogP contribution in [0, 0.1) is 0 Å². The highest BCUT2D eigenvalue weighted by atomic mass is 19.4. The average Bonchev–Trinajstić information content (AvgIpc) is 2.49. The summed E-state index contributed by atoms with van der Waals surface area (Å²) >= 11 is 0. The molecule has 3 nitrogen and oxygen atoms in total. The second-order valence-corrected chi connectivity index (χ2v) is 3.31. The van der Waals surface area contributed by atoms with Crippen molar-refractivity contribution in [2.45, 2.75) is 38.6 Å². The fraction of sp³-hybridized carbons (Fsp3) is 0.667. The van der Waals surface area contributed by atoms with Gasteiger partial charge in [-0.15, -0.1) is 0 Å². The van der Waals surface area contributed by atoms with E-state index in [0.717, 1.165) is 6.42 Å². The fourth-order valence-corrected chi connectivity index (χ4v) is 1.36. The molecule has 86 valence electrons. The van der Waals surface area contributed by atoms with Crippen LogP contribution in [0.4, 0.5) is 13.2 Å². The van der Waals surface area contributed by atoms with Crippen molar-refractivity contribution in [1.82, 2.24) is 9.55 Å². The number of halogens is 3. The number of aliphatic hydroxyl groups excluding tert-OH is 1. The van der Waals surface area contributed by atoms with Crippen LogP contribution in [0.2, 0.25) is 0 Å². The molecule has 0 fully saturated rings. The molecule has 0 aliphatic heterocycles. The molecule has 1 heterocycles. The lowest BCUT2D eigenvalue weighted by Gasteiger charge is -2.14. The first-order valence-electron chi connectivity index (χ1n) is 4.70. The Kier molecular flexibility index (Phi) is 3.73. The van der Waals surface area contributed by atoms with Crippen LogP contribution in [0.5, 0.6) is 0 Å². The minimum atomic E-state index is -4.37. The van der Waals surface area contributed by atoms with Crippen LogP contribution in [0.1, 0.15) is 31.7 Å². The van der Waals surface area contributed by atoms with E-state index in [1.165, 1.54) is 10.8 Å². The zero-order chi connectivity index (χ0) is 11.5. The molecule has 0 saturated carbocycles. The van der Waals surface area contributed by atoms with Crippen molar-refractivity contribution < 1.29 is 18.3 Å². The predicted molar refractivity (Wildman–Crippen MR) is 48.1 cm³/mol. The third-order valence-electron chi connectivity index (χ3n) is 1.94. The normalized spacial score (nSPS) is 14.2. The van der Waals surface area contributed by atoms with Gasteiger partial charge in [0.25, 0.3) is 0 Å². The molecular weight excluding hydrogens is 209 g/mol. The molecule has 6 heteroatoms. The minimum Gasteiger partial charge on any atom is -0.385 e. The van der Waals surface area contributed by atoms with Gasteiger partial charge in [0.15, 0.2) is 0 Å². The van der Waals surface area contributed by atoms with E-state index in [1.54, 1.807) is 6.20 Å². The van der Waals surface area contributed by atoms with Crippen LogP contribution in [-0.2, 0) is 6.54 Å². The van der Waals surface area contributed by atoms with Gasteiger partial charge in [-0.05, 0) is 6.42 Å². The first-order valence-corrected chi connectivity index (χ1v) is 4.70. The van der Waals surface area contributed by atoms with E-state index >= 15 is 0 Å². The van der Waals surface area contributed by atoms with Crippen molar-refractivity contribution in [3.05, 3.63) is 18.2 Å². The maximum Gasteiger partial charge on any atom is 0.392 e. The molecule has 0 bridgehead atoms. The third kappa shape index (κ3) is 3.54. The van der Waals surface area contributed by atoms with Crippen LogP contribution < -0.4 is 0 Å². The average molecular weight is 222 g/mol. The zero-order valence-electron chi connectivity index (χ0n) is 8.33. The SMILES string of the molecule is CCCn1ccnc1C(O)CC(F)(F)F. The second kappa shape index (κ2) is 4.65. The van der Waals surface area contributed by atoms with Gasteiger partial charge in [-0.2, -0.15) is 13.2 Å². The third-order valence-corrected chi connectivity index (χ3v) is 1.94. The number of aryl methyl sites for hydroxylation is 1. The number of alkyl halides is 3. The number of aliphatic hydroxyl groups is 1. The van der Waals surface area contributed by atoms with Crippen LogP contribution in [-0.4, -0.2) is 20.8 Å². The van der Waals surface area contributed by atoms with Crippen molar-refractivity contribution in [2.75, 3.05) is 0 Å².